The number of hydrogen-bond donors (Lipinski definition) is 2. The van der Waals surface area contributed by atoms with Crippen LogP contribution in [-0.2, 0) is 0 Å². The van der Waals surface area contributed by atoms with Crippen molar-refractivity contribution >= 4 is 17.5 Å². The number of nitrogens with one attached hydrogen (secondary N) is 1. The van der Waals surface area contributed by atoms with E-state index >= 15 is 0 Å². The first kappa shape index (κ1) is 14.4. The zero-order chi connectivity index (χ0) is 13.9. The lowest BCUT2D eigenvalue weighted by atomic mass is 9.73. The van der Waals surface area contributed by atoms with Crippen LogP contribution in [0.4, 0.5) is 0 Å². The molecule has 2 rings (SSSR count). The predicted molar refractivity (Wildman–Crippen MR) is 78.3 cm³/mol. The second kappa shape index (κ2) is 5.93. The van der Waals surface area contributed by atoms with E-state index in [2.05, 4.69) is 12.2 Å². The van der Waals surface area contributed by atoms with E-state index < -0.39 is 0 Å². The number of carbonyl (C=O) groups is 1. The van der Waals surface area contributed by atoms with E-state index in [9.17, 15) is 4.79 Å². The predicted octanol–water partition coefficient (Wildman–Crippen LogP) is 2.98. The van der Waals surface area contributed by atoms with Crippen LogP contribution in [-0.4, -0.2) is 18.0 Å². The Balaban J connectivity index is 2.16. The van der Waals surface area contributed by atoms with Crippen molar-refractivity contribution in [2.75, 3.05) is 6.54 Å². The molecule has 2 atom stereocenters. The van der Waals surface area contributed by atoms with Crippen molar-refractivity contribution in [3.05, 3.63) is 34.9 Å². The van der Waals surface area contributed by atoms with Gasteiger partial charge in [-0.3, -0.25) is 4.79 Å². The first-order valence-electron chi connectivity index (χ1n) is 6.85. The minimum Gasteiger partial charge on any atom is -0.345 e. The molecule has 1 fully saturated rings. The average Bonchev–Trinajstić information content (AvgIpc) is 2.41. The average molecular weight is 281 g/mol. The third-order valence-corrected chi connectivity index (χ3v) is 4.50. The first-order chi connectivity index (χ1) is 9.07. The summed E-state index contributed by atoms with van der Waals surface area (Å²) in [6, 6.07) is 7.02. The van der Waals surface area contributed by atoms with Crippen LogP contribution in [0.5, 0.6) is 0 Å². The third kappa shape index (κ3) is 3.10. The maximum Gasteiger partial charge on any atom is 0.251 e. The summed E-state index contributed by atoms with van der Waals surface area (Å²) in [5.74, 6) is 0.330. The molecule has 0 spiro atoms. The van der Waals surface area contributed by atoms with Gasteiger partial charge < -0.3 is 11.1 Å². The van der Waals surface area contributed by atoms with Crippen molar-refractivity contribution in [3.63, 3.8) is 0 Å². The maximum atomic E-state index is 12.3. The Morgan fingerprint density at radius 2 is 2.32 bits per heavy atom. The van der Waals surface area contributed by atoms with Gasteiger partial charge in [-0.2, -0.15) is 0 Å². The summed E-state index contributed by atoms with van der Waals surface area (Å²) in [7, 11) is 0. The van der Waals surface area contributed by atoms with Gasteiger partial charge in [0.2, 0.25) is 0 Å². The number of amides is 1. The van der Waals surface area contributed by atoms with E-state index in [1.807, 2.05) is 0 Å². The second-order valence-corrected chi connectivity index (χ2v) is 5.91. The second-order valence-electron chi connectivity index (χ2n) is 5.47. The SMILES string of the molecule is CC1CCCCC1(CN)NC(=O)c1cccc(Cl)c1. The normalized spacial score (nSPS) is 27.0. The number of nitrogens with two attached hydrogens (primary N) is 1. The summed E-state index contributed by atoms with van der Waals surface area (Å²) in [6.07, 6.45) is 4.41. The number of halogens is 1. The summed E-state index contributed by atoms with van der Waals surface area (Å²) in [4.78, 5) is 12.3. The van der Waals surface area contributed by atoms with Gasteiger partial charge in [0.1, 0.15) is 0 Å². The van der Waals surface area contributed by atoms with Gasteiger partial charge in [0.05, 0.1) is 5.54 Å². The Hall–Kier alpha value is -1.06. The van der Waals surface area contributed by atoms with Crippen LogP contribution in [0, 0.1) is 5.92 Å². The first-order valence-corrected chi connectivity index (χ1v) is 7.23. The molecule has 0 radical (unpaired) electrons. The molecule has 2 unspecified atom stereocenters. The Labute approximate surface area is 119 Å². The zero-order valence-corrected chi connectivity index (χ0v) is 12.0. The smallest absolute Gasteiger partial charge is 0.251 e. The van der Waals surface area contributed by atoms with Crippen LogP contribution in [0.2, 0.25) is 5.02 Å². The molecule has 0 bridgehead atoms. The lowest BCUT2D eigenvalue weighted by molar-refractivity contribution is 0.0813. The molecule has 1 aromatic carbocycles. The van der Waals surface area contributed by atoms with Gasteiger partial charge in [0, 0.05) is 17.1 Å². The molecule has 1 aliphatic carbocycles. The minimum atomic E-state index is -0.266. The lowest BCUT2D eigenvalue weighted by Gasteiger charge is -2.42. The summed E-state index contributed by atoms with van der Waals surface area (Å²) in [6.45, 7) is 2.66. The fourth-order valence-corrected chi connectivity index (χ4v) is 3.07. The topological polar surface area (TPSA) is 55.1 Å². The van der Waals surface area contributed by atoms with Crippen LogP contribution in [0.25, 0.3) is 0 Å². The van der Waals surface area contributed by atoms with Gasteiger partial charge in [0.15, 0.2) is 0 Å². The minimum absolute atomic E-state index is 0.0818. The van der Waals surface area contributed by atoms with Crippen LogP contribution >= 0.6 is 11.6 Å². The molecular formula is C15H21ClN2O. The number of hydrogen-bond acceptors (Lipinski definition) is 2. The van der Waals surface area contributed by atoms with Gasteiger partial charge in [-0.05, 0) is 37.0 Å². The molecule has 4 heteroatoms. The quantitative estimate of drug-likeness (QED) is 0.894. The molecule has 3 nitrogen and oxygen atoms in total. The summed E-state index contributed by atoms with van der Waals surface area (Å²) in [5, 5.41) is 3.73. The van der Waals surface area contributed by atoms with E-state index in [0.717, 1.165) is 19.3 Å². The fraction of sp³-hybridized carbons (Fsp3) is 0.533. The van der Waals surface area contributed by atoms with Gasteiger partial charge in [-0.25, -0.2) is 0 Å². The Kier molecular flexibility index (Phi) is 4.48. The third-order valence-electron chi connectivity index (χ3n) is 4.27. The number of rotatable bonds is 3. The van der Waals surface area contributed by atoms with Crippen LogP contribution in [0.1, 0.15) is 43.0 Å². The monoisotopic (exact) mass is 280 g/mol. The van der Waals surface area contributed by atoms with Gasteiger partial charge in [-0.1, -0.05) is 37.4 Å². The van der Waals surface area contributed by atoms with Gasteiger partial charge >= 0.3 is 0 Å². The fourth-order valence-electron chi connectivity index (χ4n) is 2.88. The molecule has 0 aliphatic heterocycles. The van der Waals surface area contributed by atoms with Crippen molar-refractivity contribution < 1.29 is 4.79 Å². The van der Waals surface area contributed by atoms with Crippen molar-refractivity contribution in [3.8, 4) is 0 Å². The highest BCUT2D eigenvalue weighted by Crippen LogP contribution is 2.33. The van der Waals surface area contributed by atoms with E-state index in [0.29, 0.717) is 23.0 Å². The molecular weight excluding hydrogens is 260 g/mol. The summed E-state index contributed by atoms with van der Waals surface area (Å²) >= 11 is 5.92. The largest absolute Gasteiger partial charge is 0.345 e. The molecule has 1 saturated carbocycles. The van der Waals surface area contributed by atoms with Crippen LogP contribution in [0.3, 0.4) is 0 Å². The zero-order valence-electron chi connectivity index (χ0n) is 11.3. The van der Waals surface area contributed by atoms with Crippen molar-refractivity contribution in [1.82, 2.24) is 5.32 Å². The van der Waals surface area contributed by atoms with Gasteiger partial charge in [0.25, 0.3) is 5.91 Å². The van der Waals surface area contributed by atoms with Crippen molar-refractivity contribution in [2.24, 2.45) is 11.7 Å². The molecule has 0 heterocycles. The standard InChI is InChI=1S/C15H21ClN2O/c1-11-5-2-3-8-15(11,10-17)18-14(19)12-6-4-7-13(16)9-12/h4,6-7,9,11H,2-3,5,8,10,17H2,1H3,(H,18,19). The Morgan fingerprint density at radius 1 is 1.53 bits per heavy atom. The maximum absolute atomic E-state index is 12.3. The molecule has 1 aliphatic rings. The van der Waals surface area contributed by atoms with Gasteiger partial charge in [-0.15, -0.1) is 0 Å². The van der Waals surface area contributed by atoms with E-state index in [-0.39, 0.29) is 11.4 Å². The van der Waals surface area contributed by atoms with Crippen LogP contribution < -0.4 is 11.1 Å². The highest BCUT2D eigenvalue weighted by atomic mass is 35.5. The summed E-state index contributed by atoms with van der Waals surface area (Å²) in [5.41, 5.74) is 6.27. The molecule has 3 N–H and O–H groups in total. The molecule has 104 valence electrons. The van der Waals surface area contributed by atoms with Crippen molar-refractivity contribution in [2.45, 2.75) is 38.1 Å². The van der Waals surface area contributed by atoms with E-state index in [1.165, 1.54) is 6.42 Å². The number of benzene rings is 1. The molecule has 19 heavy (non-hydrogen) atoms. The van der Waals surface area contributed by atoms with Crippen LogP contribution in [0.15, 0.2) is 24.3 Å². The lowest BCUT2D eigenvalue weighted by Crippen LogP contribution is -2.59. The molecule has 1 aromatic rings. The molecule has 0 saturated heterocycles. The highest BCUT2D eigenvalue weighted by molar-refractivity contribution is 6.30. The van der Waals surface area contributed by atoms with E-state index in [1.54, 1.807) is 24.3 Å². The molecule has 1 amide bonds. The Morgan fingerprint density at radius 3 is 2.95 bits per heavy atom. The van der Waals surface area contributed by atoms with Crippen molar-refractivity contribution in [1.29, 1.82) is 0 Å². The van der Waals surface area contributed by atoms with E-state index in [4.69, 9.17) is 17.3 Å². The number of carbonyl (C=O) groups excluding carboxylic acids is 1. The Bertz CT molecular complexity index is 463. The molecule has 0 aromatic heterocycles. The summed E-state index contributed by atoms with van der Waals surface area (Å²) < 4.78 is 0. The highest BCUT2D eigenvalue weighted by Gasteiger charge is 2.38.